The molecule has 1 aromatic heterocycles. The number of benzene rings is 2. The van der Waals surface area contributed by atoms with Crippen LogP contribution in [0.25, 0.3) is 10.2 Å². The molecule has 0 bridgehead atoms. The number of nitrogens with zero attached hydrogens (tertiary/aromatic N) is 2. The number of hydrogen-bond acceptors (Lipinski definition) is 7. The predicted molar refractivity (Wildman–Crippen MR) is 107 cm³/mol. The summed E-state index contributed by atoms with van der Waals surface area (Å²) in [5.41, 5.74) is 1.08. The van der Waals surface area contributed by atoms with E-state index in [9.17, 15) is 21.6 Å². The Morgan fingerprint density at radius 2 is 1.80 bits per heavy atom. The number of ether oxygens (including phenoxy) is 2. The van der Waals surface area contributed by atoms with Gasteiger partial charge in [-0.3, -0.25) is 4.72 Å². The van der Waals surface area contributed by atoms with E-state index in [0.717, 1.165) is 52.7 Å². The minimum Gasteiger partial charge on any atom is -0.406 e. The van der Waals surface area contributed by atoms with E-state index in [1.54, 1.807) is 18.2 Å². The number of sulfonamides is 1. The average Bonchev–Trinajstić information content (AvgIpc) is 3.11. The van der Waals surface area contributed by atoms with Gasteiger partial charge in [0.2, 0.25) is 0 Å². The van der Waals surface area contributed by atoms with Crippen molar-refractivity contribution in [3.63, 3.8) is 0 Å². The molecule has 4 rings (SSSR count). The van der Waals surface area contributed by atoms with Crippen molar-refractivity contribution in [2.75, 3.05) is 35.9 Å². The number of hydrogen-bond donors (Lipinski definition) is 1. The molecule has 2 heterocycles. The molecule has 0 aliphatic carbocycles. The minimum absolute atomic E-state index is 0.185. The lowest BCUT2D eigenvalue weighted by Crippen LogP contribution is -2.36. The smallest absolute Gasteiger partial charge is 0.406 e. The molecule has 1 saturated heterocycles. The summed E-state index contributed by atoms with van der Waals surface area (Å²) < 4.78 is 74.2. The van der Waals surface area contributed by atoms with E-state index >= 15 is 0 Å². The highest BCUT2D eigenvalue weighted by Gasteiger charge is 2.31. The van der Waals surface area contributed by atoms with Crippen LogP contribution in [0.15, 0.2) is 47.4 Å². The summed E-state index contributed by atoms with van der Waals surface area (Å²) >= 11 is 1.45. The highest BCUT2D eigenvalue weighted by atomic mass is 32.2. The molecule has 2 aromatic carbocycles. The fraction of sp³-hybridized carbons (Fsp3) is 0.278. The van der Waals surface area contributed by atoms with Crippen molar-refractivity contribution in [2.45, 2.75) is 11.3 Å². The predicted octanol–water partition coefficient (Wildman–Crippen LogP) is 3.83. The average molecular weight is 459 g/mol. The van der Waals surface area contributed by atoms with Crippen molar-refractivity contribution in [3.05, 3.63) is 42.5 Å². The molecule has 0 amide bonds. The van der Waals surface area contributed by atoms with Crippen molar-refractivity contribution in [3.8, 4) is 5.75 Å². The van der Waals surface area contributed by atoms with Crippen LogP contribution in [0.1, 0.15) is 0 Å². The zero-order valence-corrected chi connectivity index (χ0v) is 17.0. The van der Waals surface area contributed by atoms with E-state index in [0.29, 0.717) is 18.9 Å². The van der Waals surface area contributed by atoms with Gasteiger partial charge < -0.3 is 14.4 Å². The van der Waals surface area contributed by atoms with E-state index in [2.05, 4.69) is 19.3 Å². The van der Waals surface area contributed by atoms with Gasteiger partial charge in [0, 0.05) is 13.1 Å². The van der Waals surface area contributed by atoms with E-state index in [1.165, 1.54) is 11.3 Å². The van der Waals surface area contributed by atoms with Gasteiger partial charge in [-0.2, -0.15) is 0 Å². The van der Waals surface area contributed by atoms with Crippen LogP contribution in [-0.2, 0) is 14.8 Å². The topological polar surface area (TPSA) is 80.8 Å². The summed E-state index contributed by atoms with van der Waals surface area (Å²) in [5.74, 6) is -0.497. The van der Waals surface area contributed by atoms with Crippen LogP contribution in [-0.4, -0.2) is 46.1 Å². The first-order valence-corrected chi connectivity index (χ1v) is 11.1. The van der Waals surface area contributed by atoms with Crippen LogP contribution in [0, 0.1) is 0 Å². The summed E-state index contributed by atoms with van der Waals surface area (Å²) in [7, 11) is -3.99. The largest absolute Gasteiger partial charge is 0.573 e. The number of aromatic nitrogens is 1. The van der Waals surface area contributed by atoms with Crippen LogP contribution in [0.3, 0.4) is 0 Å². The second-order valence-electron chi connectivity index (χ2n) is 6.40. The number of nitrogens with one attached hydrogen (secondary N) is 1. The maximum atomic E-state index is 12.6. The Balaban J connectivity index is 1.52. The van der Waals surface area contributed by atoms with Gasteiger partial charge >= 0.3 is 6.36 Å². The lowest BCUT2D eigenvalue weighted by atomic mass is 10.3. The Bertz CT molecular complexity index is 1140. The van der Waals surface area contributed by atoms with Gasteiger partial charge in [0.05, 0.1) is 34.0 Å². The van der Waals surface area contributed by atoms with Gasteiger partial charge in [-0.25, -0.2) is 13.4 Å². The molecule has 7 nitrogen and oxygen atoms in total. The van der Waals surface area contributed by atoms with Crippen molar-refractivity contribution in [1.82, 2.24) is 4.98 Å². The Kier molecular flexibility index (Phi) is 5.47. The van der Waals surface area contributed by atoms with Crippen LogP contribution >= 0.6 is 11.3 Å². The number of thiazole rings is 1. The molecule has 0 unspecified atom stereocenters. The quantitative estimate of drug-likeness (QED) is 0.625. The Hall–Kier alpha value is -2.57. The van der Waals surface area contributed by atoms with Gasteiger partial charge in [0.15, 0.2) is 5.13 Å². The van der Waals surface area contributed by atoms with Crippen LogP contribution in [0.2, 0.25) is 0 Å². The third-order valence-electron chi connectivity index (χ3n) is 4.28. The maximum Gasteiger partial charge on any atom is 0.573 e. The van der Waals surface area contributed by atoms with Gasteiger partial charge in [-0.15, -0.1) is 13.2 Å². The van der Waals surface area contributed by atoms with Crippen LogP contribution < -0.4 is 14.4 Å². The van der Waals surface area contributed by atoms with Gasteiger partial charge in [0.1, 0.15) is 5.75 Å². The number of halogens is 3. The molecule has 1 aliphatic rings. The molecule has 1 aliphatic heterocycles. The Morgan fingerprint density at radius 1 is 1.10 bits per heavy atom. The van der Waals surface area contributed by atoms with E-state index in [1.807, 2.05) is 0 Å². The first-order chi connectivity index (χ1) is 14.2. The summed E-state index contributed by atoms with van der Waals surface area (Å²) in [6, 6.07) is 8.97. The second-order valence-corrected chi connectivity index (χ2v) is 9.09. The number of morpholine rings is 1. The number of anilines is 2. The van der Waals surface area contributed by atoms with Gasteiger partial charge in [0.25, 0.3) is 10.0 Å². The Morgan fingerprint density at radius 3 is 2.47 bits per heavy atom. The third kappa shape index (κ3) is 4.77. The maximum absolute atomic E-state index is 12.6. The molecule has 0 atom stereocenters. The molecule has 0 radical (unpaired) electrons. The first-order valence-electron chi connectivity index (χ1n) is 8.82. The first kappa shape index (κ1) is 20.7. The normalized spacial score (nSPS) is 15.4. The number of rotatable bonds is 5. The van der Waals surface area contributed by atoms with Crippen molar-refractivity contribution in [1.29, 1.82) is 0 Å². The summed E-state index contributed by atoms with van der Waals surface area (Å²) in [4.78, 5) is 6.51. The monoisotopic (exact) mass is 459 g/mol. The fourth-order valence-corrected chi connectivity index (χ4v) is 5.01. The van der Waals surface area contributed by atoms with Crippen LogP contribution in [0.4, 0.5) is 24.0 Å². The summed E-state index contributed by atoms with van der Waals surface area (Å²) in [6.07, 6.45) is -4.84. The van der Waals surface area contributed by atoms with Gasteiger partial charge in [-0.1, -0.05) is 11.3 Å². The van der Waals surface area contributed by atoms with Gasteiger partial charge in [-0.05, 0) is 42.5 Å². The number of fused-ring (bicyclic) bond motifs is 1. The molecule has 0 saturated carbocycles. The molecular weight excluding hydrogens is 443 g/mol. The second kappa shape index (κ2) is 7.93. The molecule has 1 N–H and O–H groups in total. The molecule has 30 heavy (non-hydrogen) atoms. The molecule has 3 aromatic rings. The van der Waals surface area contributed by atoms with Crippen molar-refractivity contribution < 1.29 is 31.1 Å². The Labute approximate surface area is 174 Å². The molecule has 160 valence electrons. The standard InChI is InChI=1S/C18H16F3N3O4S2/c19-18(20,21)28-13-2-4-14(5-3-13)30(25,26)23-12-1-6-15-16(11-12)29-17(22-15)24-7-9-27-10-8-24/h1-6,11,23H,7-10H2. The van der Waals surface area contributed by atoms with Crippen molar-refractivity contribution in [2.24, 2.45) is 0 Å². The van der Waals surface area contributed by atoms with Crippen molar-refractivity contribution >= 4 is 42.4 Å². The lowest BCUT2D eigenvalue weighted by Gasteiger charge is -2.25. The molecule has 0 spiro atoms. The molecule has 1 fully saturated rings. The minimum atomic E-state index is -4.84. The van der Waals surface area contributed by atoms with E-state index < -0.39 is 22.1 Å². The highest BCUT2D eigenvalue weighted by molar-refractivity contribution is 7.92. The van der Waals surface area contributed by atoms with Crippen LogP contribution in [0.5, 0.6) is 5.75 Å². The zero-order valence-electron chi connectivity index (χ0n) is 15.3. The molecular formula is C18H16F3N3O4S2. The number of alkyl halides is 3. The van der Waals surface area contributed by atoms with E-state index in [-0.39, 0.29) is 4.90 Å². The lowest BCUT2D eigenvalue weighted by molar-refractivity contribution is -0.274. The van der Waals surface area contributed by atoms with E-state index in [4.69, 9.17) is 4.74 Å². The zero-order chi connectivity index (χ0) is 21.4. The molecule has 12 heteroatoms. The summed E-state index contributed by atoms with van der Waals surface area (Å²) in [6.45, 7) is 2.75. The fourth-order valence-electron chi connectivity index (χ4n) is 2.90. The highest BCUT2D eigenvalue weighted by Crippen LogP contribution is 2.32. The third-order valence-corrected chi connectivity index (χ3v) is 6.75. The summed E-state index contributed by atoms with van der Waals surface area (Å²) in [5, 5.41) is 0.841. The SMILES string of the molecule is O=S(=O)(Nc1ccc2nc(N3CCOCC3)sc2c1)c1ccc(OC(F)(F)F)cc1.